The van der Waals surface area contributed by atoms with Gasteiger partial charge in [0.25, 0.3) is 0 Å². The maximum atomic E-state index is 8.63. The van der Waals surface area contributed by atoms with Gasteiger partial charge in [0, 0.05) is 18.6 Å². The van der Waals surface area contributed by atoms with Crippen LogP contribution in [0.3, 0.4) is 0 Å². The molecule has 1 heterocycles. The van der Waals surface area contributed by atoms with Crippen LogP contribution in [0.4, 0.5) is 0 Å². The standard InChI is InChI=1S/C25H21N/c1-19-18-26-25(17-24(19)22-12-6-3-7-13-22)23-14-8-11-21(16-23)15-20-9-4-2-5-10-20/h2-14,16-18H,15H2,1H3/i1D3,15D2. The molecule has 1 heteroatoms. The fourth-order valence-corrected chi connectivity index (χ4v) is 2.91. The molecule has 0 aliphatic heterocycles. The minimum Gasteiger partial charge on any atom is -0.256 e. The summed E-state index contributed by atoms with van der Waals surface area (Å²) in [6, 6.07) is 27.4. The van der Waals surface area contributed by atoms with Crippen molar-refractivity contribution in [1.82, 2.24) is 4.98 Å². The zero-order valence-electron chi connectivity index (χ0n) is 19.2. The van der Waals surface area contributed by atoms with Gasteiger partial charge in [-0.2, -0.15) is 0 Å². The minimum atomic E-state index is -2.29. The highest BCUT2D eigenvalue weighted by atomic mass is 14.7. The Labute approximate surface area is 162 Å². The molecule has 0 N–H and O–H groups in total. The summed E-state index contributed by atoms with van der Waals surface area (Å²) in [5, 5.41) is 0. The topological polar surface area (TPSA) is 12.9 Å². The second kappa shape index (κ2) is 7.37. The highest BCUT2D eigenvalue weighted by Crippen LogP contribution is 2.28. The SMILES string of the molecule is [2H]C([2H])([2H])c1cnc(-c2cccc(C([2H])([2H])c3ccccc3)c2)cc1-c1ccccc1. The third-order valence-electron chi connectivity index (χ3n) is 4.21. The number of hydrogen-bond donors (Lipinski definition) is 0. The van der Waals surface area contributed by atoms with E-state index in [4.69, 9.17) is 6.85 Å². The van der Waals surface area contributed by atoms with E-state index >= 15 is 0 Å². The summed E-state index contributed by atoms with van der Waals surface area (Å²) in [6.45, 7) is -2.29. The minimum absolute atomic E-state index is 0.193. The summed E-state index contributed by atoms with van der Waals surface area (Å²) < 4.78 is 40.9. The van der Waals surface area contributed by atoms with E-state index in [0.29, 0.717) is 22.4 Å². The molecule has 0 aliphatic rings. The molecule has 126 valence electrons. The summed E-state index contributed by atoms with van der Waals surface area (Å²) in [5.41, 5.74) is 4.00. The molecule has 0 radical (unpaired) electrons. The van der Waals surface area contributed by atoms with Gasteiger partial charge in [0.2, 0.25) is 0 Å². The van der Waals surface area contributed by atoms with Crippen molar-refractivity contribution in [3.05, 3.63) is 114 Å². The average Bonchev–Trinajstić information content (AvgIpc) is 2.79. The van der Waals surface area contributed by atoms with Crippen LogP contribution < -0.4 is 0 Å². The number of aryl methyl sites for hydroxylation is 1. The molecule has 0 spiro atoms. The molecule has 0 fully saturated rings. The molecule has 26 heavy (non-hydrogen) atoms. The molecule has 0 saturated heterocycles. The number of pyridine rings is 1. The van der Waals surface area contributed by atoms with Crippen LogP contribution in [0.5, 0.6) is 0 Å². The quantitative estimate of drug-likeness (QED) is 0.424. The summed E-state index contributed by atoms with van der Waals surface area (Å²) in [6.07, 6.45) is -0.263. The highest BCUT2D eigenvalue weighted by molar-refractivity contribution is 5.73. The second-order valence-electron chi connectivity index (χ2n) is 6.05. The molecule has 4 rings (SSSR count). The Morgan fingerprint density at radius 1 is 0.769 bits per heavy atom. The van der Waals surface area contributed by atoms with E-state index in [1.165, 1.54) is 6.20 Å². The molecule has 0 aliphatic carbocycles. The van der Waals surface area contributed by atoms with Crippen molar-refractivity contribution in [2.75, 3.05) is 0 Å². The van der Waals surface area contributed by atoms with Crippen LogP contribution in [0.1, 0.15) is 23.5 Å². The molecule has 3 aromatic carbocycles. The summed E-state index contributed by atoms with van der Waals surface area (Å²) in [7, 11) is 0. The fourth-order valence-electron chi connectivity index (χ4n) is 2.91. The number of hydrogen-bond acceptors (Lipinski definition) is 1. The third-order valence-corrected chi connectivity index (χ3v) is 4.21. The van der Waals surface area contributed by atoms with Crippen LogP contribution in [0.2, 0.25) is 0 Å². The Balaban J connectivity index is 1.82. The first-order chi connectivity index (χ1) is 14.8. The van der Waals surface area contributed by atoms with Gasteiger partial charge in [0.05, 0.1) is 5.69 Å². The molecular formula is C25H21N. The molecule has 1 aromatic heterocycles. The van der Waals surface area contributed by atoms with Crippen LogP contribution in [-0.2, 0) is 6.37 Å². The van der Waals surface area contributed by atoms with E-state index < -0.39 is 13.2 Å². The van der Waals surface area contributed by atoms with Gasteiger partial charge in [-0.1, -0.05) is 78.9 Å². The van der Waals surface area contributed by atoms with Crippen LogP contribution >= 0.6 is 0 Å². The number of nitrogens with zero attached hydrogens (tertiary/aromatic N) is 1. The van der Waals surface area contributed by atoms with Gasteiger partial charge in [-0.3, -0.25) is 4.98 Å². The van der Waals surface area contributed by atoms with Crippen LogP contribution in [-0.4, -0.2) is 4.98 Å². The lowest BCUT2D eigenvalue weighted by Gasteiger charge is -2.10. The van der Waals surface area contributed by atoms with Crippen LogP contribution in [0, 0.1) is 6.85 Å². The Hall–Kier alpha value is -3.19. The molecule has 4 aromatic rings. The van der Waals surface area contributed by atoms with Crippen molar-refractivity contribution in [2.45, 2.75) is 13.2 Å². The van der Waals surface area contributed by atoms with E-state index in [2.05, 4.69) is 4.98 Å². The third kappa shape index (κ3) is 3.57. The monoisotopic (exact) mass is 340 g/mol. The van der Waals surface area contributed by atoms with Crippen molar-refractivity contribution in [1.29, 1.82) is 0 Å². The molecule has 0 unspecified atom stereocenters. The Morgan fingerprint density at radius 3 is 2.23 bits per heavy atom. The molecule has 0 atom stereocenters. The predicted octanol–water partition coefficient (Wildman–Crippen LogP) is 6.31. The van der Waals surface area contributed by atoms with Crippen LogP contribution in [0.15, 0.2) is 97.2 Å². The Kier molecular flexibility index (Phi) is 3.24. The fraction of sp³-hybridized carbons (Fsp3) is 0.0800. The van der Waals surface area contributed by atoms with Crippen LogP contribution in [0.25, 0.3) is 22.4 Å². The number of benzene rings is 3. The maximum absolute atomic E-state index is 8.63. The summed E-state index contributed by atoms with van der Waals surface area (Å²) >= 11 is 0. The lowest BCUT2D eigenvalue weighted by atomic mass is 9.98. The lowest BCUT2D eigenvalue weighted by Crippen LogP contribution is -1.92. The van der Waals surface area contributed by atoms with Gasteiger partial charge in [0.1, 0.15) is 0 Å². The van der Waals surface area contributed by atoms with Gasteiger partial charge in [-0.25, -0.2) is 0 Å². The predicted molar refractivity (Wildman–Crippen MR) is 109 cm³/mol. The van der Waals surface area contributed by atoms with Crippen molar-refractivity contribution in [2.24, 2.45) is 0 Å². The highest BCUT2D eigenvalue weighted by Gasteiger charge is 2.07. The van der Waals surface area contributed by atoms with Crippen molar-refractivity contribution in [3.63, 3.8) is 0 Å². The van der Waals surface area contributed by atoms with Crippen molar-refractivity contribution >= 4 is 0 Å². The first-order valence-corrected chi connectivity index (χ1v) is 8.49. The molecule has 0 bridgehead atoms. The van der Waals surface area contributed by atoms with Gasteiger partial charge < -0.3 is 0 Å². The normalized spacial score (nSPS) is 14.5. The zero-order chi connectivity index (χ0) is 22.1. The number of aromatic nitrogens is 1. The Morgan fingerprint density at radius 2 is 1.46 bits per heavy atom. The summed E-state index contributed by atoms with van der Waals surface area (Å²) in [4.78, 5) is 4.42. The van der Waals surface area contributed by atoms with E-state index in [0.717, 1.165) is 11.1 Å². The largest absolute Gasteiger partial charge is 0.256 e. The summed E-state index contributed by atoms with van der Waals surface area (Å²) in [5.74, 6) is 0. The molecule has 0 saturated carbocycles. The zero-order valence-corrected chi connectivity index (χ0v) is 14.2. The van der Waals surface area contributed by atoms with Gasteiger partial charge >= 0.3 is 0 Å². The Bertz CT molecular complexity index is 1190. The van der Waals surface area contributed by atoms with E-state index in [1.807, 2.05) is 54.6 Å². The molecular weight excluding hydrogens is 314 g/mol. The molecule has 0 amide bonds. The maximum Gasteiger partial charge on any atom is 0.0708 e. The smallest absolute Gasteiger partial charge is 0.0708 e. The molecule has 1 nitrogen and oxygen atoms in total. The van der Waals surface area contributed by atoms with E-state index in [1.54, 1.807) is 36.4 Å². The van der Waals surface area contributed by atoms with Gasteiger partial charge in [-0.15, -0.1) is 0 Å². The van der Waals surface area contributed by atoms with Gasteiger partial charge in [0.15, 0.2) is 0 Å². The number of rotatable bonds is 4. The lowest BCUT2D eigenvalue weighted by molar-refractivity contribution is 1.19. The van der Waals surface area contributed by atoms with E-state index in [9.17, 15) is 0 Å². The van der Waals surface area contributed by atoms with Gasteiger partial charge in [-0.05, 0) is 53.2 Å². The first kappa shape index (κ1) is 11.4. The second-order valence-corrected chi connectivity index (χ2v) is 6.05. The van der Waals surface area contributed by atoms with Crippen molar-refractivity contribution in [3.8, 4) is 22.4 Å². The first-order valence-electron chi connectivity index (χ1n) is 11.0. The average molecular weight is 340 g/mol. The van der Waals surface area contributed by atoms with Crippen molar-refractivity contribution < 1.29 is 6.85 Å². The van der Waals surface area contributed by atoms with E-state index in [-0.39, 0.29) is 5.56 Å².